The summed E-state index contributed by atoms with van der Waals surface area (Å²) < 4.78 is 5.21. The first-order chi connectivity index (χ1) is 12.8. The minimum atomic E-state index is -0.307. The molecule has 146 valence electrons. The van der Waals surface area contributed by atoms with Gasteiger partial charge in [-0.15, -0.1) is 11.3 Å². The third-order valence-corrected chi connectivity index (χ3v) is 5.38. The predicted molar refractivity (Wildman–Crippen MR) is 109 cm³/mol. The lowest BCUT2D eigenvalue weighted by Crippen LogP contribution is -3.08. The largest absolute Gasteiger partial charge is 0.495 e. The zero-order valence-corrected chi connectivity index (χ0v) is 17.5. The van der Waals surface area contributed by atoms with Crippen LogP contribution < -0.4 is 15.0 Å². The van der Waals surface area contributed by atoms with Gasteiger partial charge < -0.3 is 19.9 Å². The van der Waals surface area contributed by atoms with E-state index < -0.39 is 0 Å². The number of nitrogens with zero attached hydrogens (tertiary/aromatic N) is 1. The number of nitrogens with one attached hydrogen (secondary N) is 2. The first-order valence-electron chi connectivity index (χ1n) is 8.51. The van der Waals surface area contributed by atoms with Gasteiger partial charge in [0, 0.05) is 12.1 Å². The molecule has 2 rings (SSSR count). The van der Waals surface area contributed by atoms with Gasteiger partial charge in [0.05, 0.1) is 31.3 Å². The molecule has 1 heterocycles. The highest BCUT2D eigenvalue weighted by atomic mass is 35.5. The van der Waals surface area contributed by atoms with E-state index in [1.165, 1.54) is 22.5 Å². The van der Waals surface area contributed by atoms with E-state index in [1.807, 2.05) is 7.05 Å². The van der Waals surface area contributed by atoms with Gasteiger partial charge in [0.25, 0.3) is 5.91 Å². The zero-order chi connectivity index (χ0) is 20.0. The molecule has 0 spiro atoms. The summed E-state index contributed by atoms with van der Waals surface area (Å²) >= 11 is 7.66. The number of carbonyl (C=O) groups excluding carboxylic acids is 2. The number of likely N-dealkylation sites (N-methyl/N-ethyl adjacent to an activating group) is 2. The molecule has 0 radical (unpaired) electrons. The molecule has 2 N–H and O–H groups in total. The van der Waals surface area contributed by atoms with Gasteiger partial charge in [-0.3, -0.25) is 9.59 Å². The lowest BCUT2D eigenvalue weighted by Gasteiger charge is -2.20. The van der Waals surface area contributed by atoms with Crippen molar-refractivity contribution in [1.82, 2.24) is 4.90 Å². The normalized spacial score (nSPS) is 11.7. The fourth-order valence-electron chi connectivity index (χ4n) is 2.59. The number of aryl methyl sites for hydroxylation is 1. The van der Waals surface area contributed by atoms with Gasteiger partial charge >= 0.3 is 0 Å². The molecule has 1 atom stereocenters. The standard InChI is InChI=1S/C19H24ClN3O3S/c1-13-7-8-27-17(13)10-22(2)12-19(25)23(3)11-18(24)21-15-9-14(20)5-6-16(15)26-4/h5-9H,10-12H2,1-4H3,(H,21,24)/p+1. The first kappa shape index (κ1) is 21.2. The highest BCUT2D eigenvalue weighted by Crippen LogP contribution is 2.27. The van der Waals surface area contributed by atoms with Gasteiger partial charge in [0.15, 0.2) is 6.54 Å². The van der Waals surface area contributed by atoms with Gasteiger partial charge in [-0.25, -0.2) is 0 Å². The number of carbonyl (C=O) groups is 2. The molecule has 0 saturated carbocycles. The number of anilines is 1. The number of hydrogen-bond acceptors (Lipinski definition) is 4. The average Bonchev–Trinajstić information content (AvgIpc) is 2.99. The van der Waals surface area contributed by atoms with Crippen LogP contribution in [0.3, 0.4) is 0 Å². The number of benzene rings is 1. The number of ether oxygens (including phenoxy) is 1. The molecule has 8 heteroatoms. The van der Waals surface area contributed by atoms with Crippen molar-refractivity contribution < 1.29 is 19.2 Å². The Morgan fingerprint density at radius 1 is 1.33 bits per heavy atom. The summed E-state index contributed by atoms with van der Waals surface area (Å²) in [4.78, 5) is 28.5. The van der Waals surface area contributed by atoms with Crippen LogP contribution in [0.4, 0.5) is 5.69 Å². The van der Waals surface area contributed by atoms with Crippen LogP contribution in [-0.4, -0.2) is 51.0 Å². The number of amides is 2. The summed E-state index contributed by atoms with van der Waals surface area (Å²) in [7, 11) is 5.12. The number of rotatable bonds is 8. The van der Waals surface area contributed by atoms with E-state index in [-0.39, 0.29) is 18.4 Å². The van der Waals surface area contributed by atoms with E-state index in [2.05, 4.69) is 23.7 Å². The molecule has 27 heavy (non-hydrogen) atoms. The number of methoxy groups -OCH3 is 1. The summed E-state index contributed by atoms with van der Waals surface area (Å²) in [5.74, 6) is 0.116. The molecule has 0 aliphatic carbocycles. The van der Waals surface area contributed by atoms with E-state index in [0.29, 0.717) is 23.0 Å². The topological polar surface area (TPSA) is 63.1 Å². The van der Waals surface area contributed by atoms with Crippen molar-refractivity contribution >= 4 is 40.4 Å². The molecule has 0 aliphatic rings. The fourth-order valence-corrected chi connectivity index (χ4v) is 3.78. The first-order valence-corrected chi connectivity index (χ1v) is 9.77. The van der Waals surface area contributed by atoms with Crippen molar-refractivity contribution in [2.45, 2.75) is 13.5 Å². The quantitative estimate of drug-likeness (QED) is 0.698. The smallest absolute Gasteiger partial charge is 0.277 e. The molecule has 6 nitrogen and oxygen atoms in total. The van der Waals surface area contributed by atoms with E-state index in [1.54, 1.807) is 36.6 Å². The number of hydrogen-bond donors (Lipinski definition) is 2. The van der Waals surface area contributed by atoms with Crippen molar-refractivity contribution in [3.05, 3.63) is 45.1 Å². The second kappa shape index (κ2) is 9.73. The Hall–Kier alpha value is -2.09. The summed E-state index contributed by atoms with van der Waals surface area (Å²) in [6, 6.07) is 7.05. The maximum Gasteiger partial charge on any atom is 0.277 e. The minimum absolute atomic E-state index is 0.0419. The molecule has 0 fully saturated rings. The maximum atomic E-state index is 12.4. The van der Waals surface area contributed by atoms with Crippen molar-refractivity contribution in [2.75, 3.05) is 39.6 Å². The molecule has 1 unspecified atom stereocenters. The Labute approximate surface area is 168 Å². The summed E-state index contributed by atoms with van der Waals surface area (Å²) in [6.07, 6.45) is 0. The van der Waals surface area contributed by atoms with E-state index >= 15 is 0 Å². The van der Waals surface area contributed by atoms with Crippen molar-refractivity contribution in [1.29, 1.82) is 0 Å². The van der Waals surface area contributed by atoms with Crippen LogP contribution in [0.1, 0.15) is 10.4 Å². The van der Waals surface area contributed by atoms with Gasteiger partial charge in [-0.05, 0) is 42.1 Å². The van der Waals surface area contributed by atoms with E-state index in [9.17, 15) is 9.59 Å². The van der Waals surface area contributed by atoms with Crippen LogP contribution in [0.2, 0.25) is 5.02 Å². The molecular weight excluding hydrogens is 386 g/mol. The van der Waals surface area contributed by atoms with Crippen LogP contribution in [0.15, 0.2) is 29.6 Å². The maximum absolute atomic E-state index is 12.4. The highest BCUT2D eigenvalue weighted by Gasteiger charge is 2.19. The Morgan fingerprint density at radius 3 is 2.70 bits per heavy atom. The molecule has 1 aromatic heterocycles. The van der Waals surface area contributed by atoms with Gasteiger partial charge in [-0.1, -0.05) is 11.6 Å². The van der Waals surface area contributed by atoms with Gasteiger partial charge in [0.1, 0.15) is 12.3 Å². The van der Waals surface area contributed by atoms with Crippen molar-refractivity contribution in [3.63, 3.8) is 0 Å². The highest BCUT2D eigenvalue weighted by molar-refractivity contribution is 7.10. The SMILES string of the molecule is COc1ccc(Cl)cc1NC(=O)CN(C)C(=O)C[NH+](C)Cc1sccc1C. The number of quaternary nitrogens is 1. The Morgan fingerprint density at radius 2 is 2.07 bits per heavy atom. The van der Waals surface area contributed by atoms with Crippen LogP contribution >= 0.6 is 22.9 Å². The Bertz CT molecular complexity index is 809. The van der Waals surface area contributed by atoms with Crippen LogP contribution in [0, 0.1) is 6.92 Å². The van der Waals surface area contributed by atoms with Crippen LogP contribution in [0.25, 0.3) is 0 Å². The van der Waals surface area contributed by atoms with Crippen molar-refractivity contribution in [3.8, 4) is 5.75 Å². The van der Waals surface area contributed by atoms with E-state index in [4.69, 9.17) is 16.3 Å². The summed E-state index contributed by atoms with van der Waals surface area (Å²) in [5.41, 5.74) is 1.72. The second-order valence-electron chi connectivity index (χ2n) is 6.48. The molecular formula is C19H25ClN3O3S+. The Kier molecular flexibility index (Phi) is 7.65. The molecule has 2 amide bonds. The molecule has 0 saturated heterocycles. The monoisotopic (exact) mass is 410 g/mol. The lowest BCUT2D eigenvalue weighted by atomic mass is 10.3. The Balaban J connectivity index is 1.87. The van der Waals surface area contributed by atoms with Crippen molar-refractivity contribution in [2.24, 2.45) is 0 Å². The molecule has 0 bridgehead atoms. The number of halogens is 1. The molecule has 1 aromatic carbocycles. The van der Waals surface area contributed by atoms with Gasteiger partial charge in [-0.2, -0.15) is 0 Å². The van der Waals surface area contributed by atoms with Gasteiger partial charge in [0.2, 0.25) is 5.91 Å². The zero-order valence-electron chi connectivity index (χ0n) is 16.0. The van der Waals surface area contributed by atoms with Crippen LogP contribution in [-0.2, 0) is 16.1 Å². The second-order valence-corrected chi connectivity index (χ2v) is 7.92. The number of thiophene rings is 1. The predicted octanol–water partition coefficient (Wildman–Crippen LogP) is 1.83. The van der Waals surface area contributed by atoms with Crippen LogP contribution in [0.5, 0.6) is 5.75 Å². The van der Waals surface area contributed by atoms with E-state index in [0.717, 1.165) is 11.4 Å². The molecule has 2 aromatic rings. The average molecular weight is 411 g/mol. The minimum Gasteiger partial charge on any atom is -0.495 e. The fraction of sp³-hybridized carbons (Fsp3) is 0.368. The summed E-state index contributed by atoms with van der Waals surface area (Å²) in [5, 5.41) is 5.28. The molecule has 0 aliphatic heterocycles. The summed E-state index contributed by atoms with van der Waals surface area (Å²) in [6.45, 7) is 3.14. The third kappa shape index (κ3) is 6.23. The third-order valence-electron chi connectivity index (χ3n) is 4.13. The lowest BCUT2D eigenvalue weighted by molar-refractivity contribution is -0.885.